The Morgan fingerprint density at radius 1 is 1.19 bits per heavy atom. The molecule has 136 valence electrons. The van der Waals surface area contributed by atoms with E-state index in [1.165, 1.54) is 18.2 Å². The van der Waals surface area contributed by atoms with Crippen molar-refractivity contribution in [3.8, 4) is 5.69 Å². The molecular weight excluding hydrogens is 344 g/mol. The molecule has 4 rings (SSSR count). The number of carbonyl (C=O) groups is 1. The number of nitro benzene ring substituents is 1. The van der Waals surface area contributed by atoms with E-state index in [4.69, 9.17) is 0 Å². The first-order valence-corrected chi connectivity index (χ1v) is 8.77. The molecule has 1 aliphatic rings. The summed E-state index contributed by atoms with van der Waals surface area (Å²) in [6.07, 6.45) is 2.79. The molecule has 1 aromatic heterocycles. The van der Waals surface area contributed by atoms with Crippen molar-refractivity contribution in [1.29, 1.82) is 0 Å². The van der Waals surface area contributed by atoms with Crippen LogP contribution in [0.25, 0.3) is 5.69 Å². The third-order valence-electron chi connectivity index (χ3n) is 4.80. The fraction of sp³-hybridized carbons (Fsp3) is 0.200. The Morgan fingerprint density at radius 2 is 1.96 bits per heavy atom. The molecule has 0 unspecified atom stereocenters. The van der Waals surface area contributed by atoms with Crippen LogP contribution >= 0.6 is 0 Å². The maximum Gasteiger partial charge on any atom is 0.272 e. The number of fused-ring (bicyclic) bond motifs is 1. The molecule has 1 N–H and O–H groups in total. The number of rotatable bonds is 4. The van der Waals surface area contributed by atoms with Crippen molar-refractivity contribution in [3.05, 3.63) is 81.0 Å². The van der Waals surface area contributed by atoms with Crippen molar-refractivity contribution < 1.29 is 9.72 Å². The summed E-state index contributed by atoms with van der Waals surface area (Å²) < 4.78 is 1.76. The number of anilines is 1. The number of nitrogens with zero attached hydrogens (tertiary/aromatic N) is 3. The quantitative estimate of drug-likeness (QED) is 0.564. The Balaban J connectivity index is 1.69. The predicted molar refractivity (Wildman–Crippen MR) is 101 cm³/mol. The number of benzene rings is 2. The van der Waals surface area contributed by atoms with Gasteiger partial charge in [-0.2, -0.15) is 5.10 Å². The molecule has 0 spiro atoms. The number of nitro groups is 1. The summed E-state index contributed by atoms with van der Waals surface area (Å²) in [5.74, 6) is 0.370. The molecule has 0 fully saturated rings. The summed E-state index contributed by atoms with van der Waals surface area (Å²) in [6.45, 7) is 1.63. The van der Waals surface area contributed by atoms with Gasteiger partial charge in [-0.15, -0.1) is 0 Å². The van der Waals surface area contributed by atoms with Crippen molar-refractivity contribution >= 4 is 17.4 Å². The first kappa shape index (κ1) is 17.0. The van der Waals surface area contributed by atoms with E-state index in [9.17, 15) is 14.9 Å². The standard InChI is InChI=1S/C20H18N4O3/c1-13-12-14(10-11-18(13)24(26)27)20(25)21-19-16-8-5-9-17(16)22-23(19)15-6-3-2-4-7-15/h2-4,6-7,10-12H,5,8-9H2,1H3,(H,21,25). The van der Waals surface area contributed by atoms with E-state index in [0.717, 1.165) is 36.2 Å². The third kappa shape index (κ3) is 3.08. The number of para-hydroxylation sites is 1. The fourth-order valence-corrected chi connectivity index (χ4v) is 3.46. The summed E-state index contributed by atoms with van der Waals surface area (Å²) >= 11 is 0. The van der Waals surface area contributed by atoms with Crippen LogP contribution in [0, 0.1) is 17.0 Å². The lowest BCUT2D eigenvalue weighted by molar-refractivity contribution is -0.385. The molecule has 1 amide bonds. The van der Waals surface area contributed by atoms with Gasteiger partial charge in [0.05, 0.1) is 16.3 Å². The molecule has 1 aliphatic carbocycles. The first-order valence-electron chi connectivity index (χ1n) is 8.77. The Bertz CT molecular complexity index is 1040. The summed E-state index contributed by atoms with van der Waals surface area (Å²) in [5.41, 5.74) is 3.78. The van der Waals surface area contributed by atoms with Gasteiger partial charge in [0, 0.05) is 22.8 Å². The van der Waals surface area contributed by atoms with Gasteiger partial charge in [-0.1, -0.05) is 18.2 Å². The van der Waals surface area contributed by atoms with E-state index in [0.29, 0.717) is 16.9 Å². The van der Waals surface area contributed by atoms with Crippen molar-refractivity contribution in [2.24, 2.45) is 0 Å². The van der Waals surface area contributed by atoms with Crippen LogP contribution < -0.4 is 5.32 Å². The number of carbonyl (C=O) groups excluding carboxylic acids is 1. The van der Waals surface area contributed by atoms with Gasteiger partial charge in [-0.25, -0.2) is 4.68 Å². The van der Waals surface area contributed by atoms with Crippen LogP contribution in [0.2, 0.25) is 0 Å². The fourth-order valence-electron chi connectivity index (χ4n) is 3.46. The molecule has 0 saturated heterocycles. The average molecular weight is 362 g/mol. The van der Waals surface area contributed by atoms with Gasteiger partial charge in [0.25, 0.3) is 11.6 Å². The van der Waals surface area contributed by atoms with E-state index < -0.39 is 4.92 Å². The lowest BCUT2D eigenvalue weighted by Gasteiger charge is -2.11. The lowest BCUT2D eigenvalue weighted by Crippen LogP contribution is -2.16. The topological polar surface area (TPSA) is 90.1 Å². The number of amides is 1. The number of aryl methyl sites for hydroxylation is 2. The Morgan fingerprint density at radius 3 is 2.67 bits per heavy atom. The zero-order chi connectivity index (χ0) is 19.0. The molecular formula is C20H18N4O3. The molecule has 2 aromatic carbocycles. The highest BCUT2D eigenvalue weighted by Crippen LogP contribution is 2.31. The van der Waals surface area contributed by atoms with E-state index in [1.54, 1.807) is 11.6 Å². The Hall–Kier alpha value is -3.48. The van der Waals surface area contributed by atoms with Gasteiger partial charge in [0.2, 0.25) is 0 Å². The predicted octanol–water partition coefficient (Wildman–Crippen LogP) is 3.83. The molecule has 0 radical (unpaired) electrons. The lowest BCUT2D eigenvalue weighted by atomic mass is 10.1. The van der Waals surface area contributed by atoms with Gasteiger partial charge < -0.3 is 5.32 Å². The minimum Gasteiger partial charge on any atom is -0.306 e. The number of nitrogens with one attached hydrogen (secondary N) is 1. The van der Waals surface area contributed by atoms with Crippen molar-refractivity contribution in [2.75, 3.05) is 5.32 Å². The van der Waals surface area contributed by atoms with Crippen LogP contribution in [0.5, 0.6) is 0 Å². The second-order valence-corrected chi connectivity index (χ2v) is 6.59. The van der Waals surface area contributed by atoms with Gasteiger partial charge in [-0.3, -0.25) is 14.9 Å². The second kappa shape index (κ2) is 6.68. The second-order valence-electron chi connectivity index (χ2n) is 6.59. The highest BCUT2D eigenvalue weighted by atomic mass is 16.6. The summed E-state index contributed by atoms with van der Waals surface area (Å²) in [4.78, 5) is 23.3. The molecule has 7 heteroatoms. The number of hydrogen-bond donors (Lipinski definition) is 1. The van der Waals surface area contributed by atoms with E-state index in [1.807, 2.05) is 30.3 Å². The van der Waals surface area contributed by atoms with Crippen LogP contribution in [-0.4, -0.2) is 20.6 Å². The van der Waals surface area contributed by atoms with E-state index >= 15 is 0 Å². The Kier molecular flexibility index (Phi) is 4.19. The molecule has 3 aromatic rings. The summed E-state index contributed by atoms with van der Waals surface area (Å²) in [5, 5.41) is 18.6. The van der Waals surface area contributed by atoms with Crippen LogP contribution in [0.3, 0.4) is 0 Å². The largest absolute Gasteiger partial charge is 0.306 e. The minimum atomic E-state index is -0.450. The normalized spacial score (nSPS) is 12.6. The van der Waals surface area contributed by atoms with Gasteiger partial charge in [-0.05, 0) is 50.5 Å². The summed E-state index contributed by atoms with van der Waals surface area (Å²) in [6, 6.07) is 14.0. The molecule has 0 bridgehead atoms. The highest BCUT2D eigenvalue weighted by Gasteiger charge is 2.25. The minimum absolute atomic E-state index is 0.00164. The van der Waals surface area contributed by atoms with Crippen molar-refractivity contribution in [3.63, 3.8) is 0 Å². The maximum atomic E-state index is 12.8. The van der Waals surface area contributed by atoms with Crippen molar-refractivity contribution in [1.82, 2.24) is 9.78 Å². The molecule has 7 nitrogen and oxygen atoms in total. The zero-order valence-electron chi connectivity index (χ0n) is 14.8. The third-order valence-corrected chi connectivity index (χ3v) is 4.80. The monoisotopic (exact) mass is 362 g/mol. The van der Waals surface area contributed by atoms with Crippen LogP contribution in [0.1, 0.15) is 33.6 Å². The SMILES string of the molecule is Cc1cc(C(=O)Nc2c3c(nn2-c2ccccc2)CCC3)ccc1[N+](=O)[O-]. The Labute approximate surface area is 155 Å². The highest BCUT2D eigenvalue weighted by molar-refractivity contribution is 6.04. The summed E-state index contributed by atoms with van der Waals surface area (Å²) in [7, 11) is 0. The number of hydrogen-bond acceptors (Lipinski definition) is 4. The zero-order valence-corrected chi connectivity index (χ0v) is 14.8. The molecule has 0 saturated carbocycles. The molecule has 1 heterocycles. The van der Waals surface area contributed by atoms with Crippen molar-refractivity contribution in [2.45, 2.75) is 26.2 Å². The molecule has 0 aliphatic heterocycles. The smallest absolute Gasteiger partial charge is 0.272 e. The number of aromatic nitrogens is 2. The van der Waals surface area contributed by atoms with Crippen LogP contribution in [-0.2, 0) is 12.8 Å². The molecule has 27 heavy (non-hydrogen) atoms. The van der Waals surface area contributed by atoms with E-state index in [2.05, 4.69) is 10.4 Å². The molecule has 0 atom stereocenters. The first-order chi connectivity index (χ1) is 13.0. The maximum absolute atomic E-state index is 12.8. The van der Waals surface area contributed by atoms with Crippen LogP contribution in [0.4, 0.5) is 11.5 Å². The average Bonchev–Trinajstić information content (AvgIpc) is 3.24. The van der Waals surface area contributed by atoms with Gasteiger partial charge >= 0.3 is 0 Å². The van der Waals surface area contributed by atoms with Gasteiger partial charge in [0.15, 0.2) is 0 Å². The van der Waals surface area contributed by atoms with Gasteiger partial charge in [0.1, 0.15) is 5.82 Å². The van der Waals surface area contributed by atoms with Crippen LogP contribution in [0.15, 0.2) is 48.5 Å². The van der Waals surface area contributed by atoms with E-state index in [-0.39, 0.29) is 11.6 Å².